The molecule has 1 nitrogen and oxygen atoms in total. The Balaban J connectivity index is 2.22. The van der Waals surface area contributed by atoms with Crippen LogP contribution in [-0.2, 0) is 4.79 Å². The minimum Gasteiger partial charge on any atom is -0.295 e. The minimum atomic E-state index is 0.247. The Morgan fingerprint density at radius 3 is 2.94 bits per heavy atom. The van der Waals surface area contributed by atoms with E-state index in [-0.39, 0.29) is 5.41 Å². The van der Waals surface area contributed by atoms with Gasteiger partial charge in [0.2, 0.25) is 0 Å². The number of allylic oxidation sites excluding steroid dienone is 2. The van der Waals surface area contributed by atoms with E-state index in [4.69, 9.17) is 11.6 Å². The third-order valence-electron chi connectivity index (χ3n) is 5.18. The fourth-order valence-electron chi connectivity index (χ4n) is 3.55. The average molecular weight is 255 g/mol. The van der Waals surface area contributed by atoms with Gasteiger partial charge in [-0.25, -0.2) is 0 Å². The van der Waals surface area contributed by atoms with Gasteiger partial charge in [-0.15, -0.1) is 11.6 Å². The van der Waals surface area contributed by atoms with Crippen molar-refractivity contribution in [3.05, 3.63) is 11.6 Å². The van der Waals surface area contributed by atoms with Gasteiger partial charge < -0.3 is 0 Å². The number of hydrogen-bond acceptors (Lipinski definition) is 1. The number of halogens is 1. The van der Waals surface area contributed by atoms with E-state index in [2.05, 4.69) is 20.8 Å². The molecule has 1 unspecified atom stereocenters. The first kappa shape index (κ1) is 13.1. The molecule has 1 saturated carbocycles. The van der Waals surface area contributed by atoms with E-state index in [0.717, 1.165) is 24.6 Å². The lowest BCUT2D eigenvalue weighted by Crippen LogP contribution is -2.39. The summed E-state index contributed by atoms with van der Waals surface area (Å²) in [6.45, 7) is 6.84. The average Bonchev–Trinajstić information content (AvgIpc) is 2.29. The first-order valence-corrected chi connectivity index (χ1v) is 7.30. The van der Waals surface area contributed by atoms with Crippen molar-refractivity contribution in [2.75, 3.05) is 5.88 Å². The molecule has 2 rings (SSSR count). The topological polar surface area (TPSA) is 17.1 Å². The summed E-state index contributed by atoms with van der Waals surface area (Å²) in [4.78, 5) is 11.6. The summed E-state index contributed by atoms with van der Waals surface area (Å²) in [7, 11) is 0. The molecule has 0 aromatic rings. The molecule has 17 heavy (non-hydrogen) atoms. The van der Waals surface area contributed by atoms with Crippen LogP contribution in [0.2, 0.25) is 0 Å². The number of hydrogen-bond donors (Lipinski definition) is 0. The summed E-state index contributed by atoms with van der Waals surface area (Å²) in [6.07, 6.45) is 6.17. The van der Waals surface area contributed by atoms with Crippen LogP contribution in [0.25, 0.3) is 0 Å². The second kappa shape index (κ2) is 4.76. The van der Waals surface area contributed by atoms with Gasteiger partial charge in [0.25, 0.3) is 0 Å². The largest absolute Gasteiger partial charge is 0.295 e. The van der Waals surface area contributed by atoms with Crippen LogP contribution in [0.5, 0.6) is 0 Å². The number of rotatable bonds is 2. The normalized spacial score (nSPS) is 39.5. The van der Waals surface area contributed by atoms with E-state index in [1.807, 2.05) is 6.08 Å². The maximum Gasteiger partial charge on any atom is 0.155 e. The van der Waals surface area contributed by atoms with Gasteiger partial charge >= 0.3 is 0 Å². The molecule has 0 N–H and O–H groups in total. The van der Waals surface area contributed by atoms with Crippen LogP contribution in [0, 0.1) is 23.2 Å². The molecule has 4 atom stereocenters. The van der Waals surface area contributed by atoms with Gasteiger partial charge in [-0.05, 0) is 48.5 Å². The highest BCUT2D eigenvalue weighted by atomic mass is 35.5. The molecule has 0 bridgehead atoms. The van der Waals surface area contributed by atoms with Crippen LogP contribution in [0.4, 0.5) is 0 Å². The molecule has 2 aliphatic carbocycles. The summed E-state index contributed by atoms with van der Waals surface area (Å²) >= 11 is 6.00. The summed E-state index contributed by atoms with van der Waals surface area (Å²) < 4.78 is 0. The van der Waals surface area contributed by atoms with Gasteiger partial charge in [0.1, 0.15) is 0 Å². The Morgan fingerprint density at radius 2 is 2.29 bits per heavy atom. The van der Waals surface area contributed by atoms with Gasteiger partial charge in [-0.1, -0.05) is 26.3 Å². The number of carbonyl (C=O) groups excluding carboxylic acids is 1. The molecule has 2 aliphatic rings. The summed E-state index contributed by atoms with van der Waals surface area (Å²) in [5.74, 6) is 2.90. The number of fused-ring (bicyclic) bond motifs is 1. The van der Waals surface area contributed by atoms with E-state index in [9.17, 15) is 4.79 Å². The first-order chi connectivity index (χ1) is 7.97. The Bertz CT molecular complexity index is 347. The smallest absolute Gasteiger partial charge is 0.155 e. The Morgan fingerprint density at radius 1 is 1.59 bits per heavy atom. The lowest BCUT2D eigenvalue weighted by molar-refractivity contribution is -0.117. The predicted molar refractivity (Wildman–Crippen MR) is 72.2 cm³/mol. The molecule has 0 saturated heterocycles. The highest BCUT2D eigenvalue weighted by Gasteiger charge is 2.44. The molecule has 0 spiro atoms. The van der Waals surface area contributed by atoms with Crippen LogP contribution in [0.1, 0.15) is 46.5 Å². The van der Waals surface area contributed by atoms with Crippen LogP contribution in [0.15, 0.2) is 11.6 Å². The second-order valence-corrected chi connectivity index (χ2v) is 6.60. The van der Waals surface area contributed by atoms with Crippen LogP contribution in [-0.4, -0.2) is 11.7 Å². The van der Waals surface area contributed by atoms with Crippen molar-refractivity contribution in [3.8, 4) is 0 Å². The lowest BCUT2D eigenvalue weighted by atomic mass is 9.57. The minimum absolute atomic E-state index is 0.247. The molecule has 1 fully saturated rings. The Kier molecular flexibility index (Phi) is 3.68. The lowest BCUT2D eigenvalue weighted by Gasteiger charge is -2.48. The van der Waals surface area contributed by atoms with Gasteiger partial charge in [0.05, 0.1) is 0 Å². The zero-order valence-corrected chi connectivity index (χ0v) is 11.9. The molecule has 0 amide bonds. The van der Waals surface area contributed by atoms with Gasteiger partial charge in [0, 0.05) is 12.3 Å². The van der Waals surface area contributed by atoms with Crippen molar-refractivity contribution < 1.29 is 4.79 Å². The van der Waals surface area contributed by atoms with Crippen molar-refractivity contribution in [1.82, 2.24) is 0 Å². The van der Waals surface area contributed by atoms with Gasteiger partial charge in [-0.3, -0.25) is 4.79 Å². The molecule has 2 heteroatoms. The van der Waals surface area contributed by atoms with E-state index in [1.54, 1.807) is 0 Å². The zero-order valence-electron chi connectivity index (χ0n) is 11.1. The van der Waals surface area contributed by atoms with Crippen LogP contribution < -0.4 is 0 Å². The quantitative estimate of drug-likeness (QED) is 0.675. The first-order valence-electron chi connectivity index (χ1n) is 6.77. The standard InChI is InChI=1S/C15H23ClO/c1-10(9-16)12-4-5-13-7-14(17)6-11(2)15(13,3)8-12/h7,10-12H,4-6,8-9H2,1-3H3/t10?,11-,12-,15+/m1/s1. The molecule has 0 aromatic carbocycles. The predicted octanol–water partition coefficient (Wildman–Crippen LogP) is 4.20. The van der Waals surface area contributed by atoms with Crippen LogP contribution >= 0.6 is 11.6 Å². The summed E-state index contributed by atoms with van der Waals surface area (Å²) in [5.41, 5.74) is 1.65. The van der Waals surface area contributed by atoms with Crippen molar-refractivity contribution >= 4 is 17.4 Å². The second-order valence-electron chi connectivity index (χ2n) is 6.29. The van der Waals surface area contributed by atoms with Gasteiger partial charge in [0.15, 0.2) is 5.78 Å². The SMILES string of the molecule is CC(CCl)[C@@H]1CCC2=CC(=O)C[C@@H](C)[C@]2(C)C1. The maximum atomic E-state index is 11.6. The number of carbonyl (C=O) groups is 1. The fraction of sp³-hybridized carbons (Fsp3) is 0.800. The molecular weight excluding hydrogens is 232 g/mol. The maximum absolute atomic E-state index is 11.6. The summed E-state index contributed by atoms with van der Waals surface area (Å²) in [6, 6.07) is 0. The van der Waals surface area contributed by atoms with E-state index < -0.39 is 0 Å². The number of ketones is 1. The van der Waals surface area contributed by atoms with Crippen molar-refractivity contribution in [2.45, 2.75) is 46.5 Å². The van der Waals surface area contributed by atoms with Crippen LogP contribution in [0.3, 0.4) is 0 Å². The molecule has 0 aliphatic heterocycles. The van der Waals surface area contributed by atoms with Crippen molar-refractivity contribution in [1.29, 1.82) is 0 Å². The van der Waals surface area contributed by atoms with E-state index >= 15 is 0 Å². The highest BCUT2D eigenvalue weighted by molar-refractivity contribution is 6.18. The molecule has 0 aromatic heterocycles. The highest BCUT2D eigenvalue weighted by Crippen LogP contribution is 2.52. The van der Waals surface area contributed by atoms with Gasteiger partial charge in [-0.2, -0.15) is 0 Å². The molecule has 96 valence electrons. The molecular formula is C15H23ClO. The monoisotopic (exact) mass is 254 g/mol. The van der Waals surface area contributed by atoms with E-state index in [1.165, 1.54) is 18.4 Å². The molecule has 0 heterocycles. The van der Waals surface area contributed by atoms with Crippen molar-refractivity contribution in [3.63, 3.8) is 0 Å². The Labute approximate surface area is 110 Å². The van der Waals surface area contributed by atoms with E-state index in [0.29, 0.717) is 17.6 Å². The van der Waals surface area contributed by atoms with Crippen molar-refractivity contribution in [2.24, 2.45) is 23.2 Å². The number of alkyl halides is 1. The zero-order chi connectivity index (χ0) is 12.6. The third kappa shape index (κ3) is 2.31. The summed E-state index contributed by atoms with van der Waals surface area (Å²) in [5, 5.41) is 0. The fourth-order valence-corrected chi connectivity index (χ4v) is 3.80. The molecule has 0 radical (unpaired) electrons. The third-order valence-corrected chi connectivity index (χ3v) is 5.67. The Hall–Kier alpha value is -0.300.